The largest absolute Gasteiger partial charge is 0.411 e. The molecular formula is C11H20F3NO. The van der Waals surface area contributed by atoms with Crippen LogP contribution in [0.3, 0.4) is 0 Å². The van der Waals surface area contributed by atoms with Gasteiger partial charge >= 0.3 is 6.18 Å². The maximum atomic E-state index is 11.7. The molecule has 2 nitrogen and oxygen atoms in total. The van der Waals surface area contributed by atoms with Crippen molar-refractivity contribution < 1.29 is 17.9 Å². The van der Waals surface area contributed by atoms with Crippen LogP contribution in [0.25, 0.3) is 0 Å². The van der Waals surface area contributed by atoms with Crippen LogP contribution in [0.2, 0.25) is 0 Å². The van der Waals surface area contributed by atoms with Gasteiger partial charge in [-0.05, 0) is 18.8 Å². The lowest BCUT2D eigenvalue weighted by Gasteiger charge is -2.16. The summed E-state index contributed by atoms with van der Waals surface area (Å²) in [6, 6.07) is 0.432. The van der Waals surface area contributed by atoms with Crippen LogP contribution in [0.1, 0.15) is 32.6 Å². The first kappa shape index (κ1) is 13.8. The van der Waals surface area contributed by atoms with E-state index in [4.69, 9.17) is 0 Å². The lowest BCUT2D eigenvalue weighted by Crippen LogP contribution is -2.32. The van der Waals surface area contributed by atoms with Crippen LogP contribution in [0, 0.1) is 5.92 Å². The lowest BCUT2D eigenvalue weighted by atomic mass is 10.1. The summed E-state index contributed by atoms with van der Waals surface area (Å²) >= 11 is 0. The topological polar surface area (TPSA) is 21.3 Å². The van der Waals surface area contributed by atoms with Gasteiger partial charge in [0, 0.05) is 12.6 Å². The van der Waals surface area contributed by atoms with E-state index in [0.29, 0.717) is 12.6 Å². The van der Waals surface area contributed by atoms with Crippen molar-refractivity contribution in [2.45, 2.75) is 44.8 Å². The molecule has 0 bridgehead atoms. The Morgan fingerprint density at radius 3 is 2.56 bits per heavy atom. The zero-order chi connectivity index (χ0) is 12.0. The van der Waals surface area contributed by atoms with E-state index < -0.39 is 12.8 Å². The van der Waals surface area contributed by atoms with E-state index in [0.717, 1.165) is 18.8 Å². The molecule has 0 aliphatic heterocycles. The zero-order valence-electron chi connectivity index (χ0n) is 9.65. The molecule has 0 aromatic carbocycles. The summed E-state index contributed by atoms with van der Waals surface area (Å²) in [7, 11) is 0. The smallest absolute Gasteiger partial charge is 0.371 e. The van der Waals surface area contributed by atoms with Crippen molar-refractivity contribution in [2.24, 2.45) is 5.92 Å². The second kappa shape index (κ2) is 6.45. The molecule has 1 atom stereocenters. The van der Waals surface area contributed by atoms with Gasteiger partial charge in [0.1, 0.15) is 6.61 Å². The standard InChI is InChI=1S/C11H20F3NO/c1-2-10(7-9-3-4-9)15-5-6-16-8-11(12,13)14/h9-10,15H,2-8H2,1H3. The minimum atomic E-state index is -4.21. The first-order valence-corrected chi connectivity index (χ1v) is 5.89. The van der Waals surface area contributed by atoms with E-state index in [-0.39, 0.29) is 6.61 Å². The highest BCUT2D eigenvalue weighted by atomic mass is 19.4. The Hall–Kier alpha value is -0.290. The molecule has 0 aromatic heterocycles. The van der Waals surface area contributed by atoms with Gasteiger partial charge in [-0.15, -0.1) is 0 Å². The molecule has 0 heterocycles. The predicted octanol–water partition coefficient (Wildman–Crippen LogP) is 2.73. The molecule has 16 heavy (non-hydrogen) atoms. The summed E-state index contributed by atoms with van der Waals surface area (Å²) in [5.41, 5.74) is 0. The number of hydrogen-bond donors (Lipinski definition) is 1. The van der Waals surface area contributed by atoms with Gasteiger partial charge in [-0.25, -0.2) is 0 Å². The van der Waals surface area contributed by atoms with Crippen molar-refractivity contribution in [3.63, 3.8) is 0 Å². The molecule has 1 aliphatic rings. The van der Waals surface area contributed by atoms with Crippen LogP contribution in [0.5, 0.6) is 0 Å². The molecule has 1 fully saturated rings. The summed E-state index contributed by atoms with van der Waals surface area (Å²) in [4.78, 5) is 0. The Kier molecular flexibility index (Phi) is 5.55. The summed E-state index contributed by atoms with van der Waals surface area (Å²) in [6.07, 6.45) is 0.579. The van der Waals surface area contributed by atoms with E-state index in [9.17, 15) is 13.2 Å². The van der Waals surface area contributed by atoms with Crippen LogP contribution in [0.4, 0.5) is 13.2 Å². The van der Waals surface area contributed by atoms with Gasteiger partial charge in [0.25, 0.3) is 0 Å². The number of hydrogen-bond acceptors (Lipinski definition) is 2. The second-order valence-electron chi connectivity index (χ2n) is 4.41. The molecule has 1 unspecified atom stereocenters. The highest BCUT2D eigenvalue weighted by Gasteiger charge is 2.27. The number of halogens is 3. The van der Waals surface area contributed by atoms with Gasteiger partial charge in [-0.3, -0.25) is 0 Å². The molecule has 1 rings (SSSR count). The van der Waals surface area contributed by atoms with Gasteiger partial charge in [-0.2, -0.15) is 13.2 Å². The van der Waals surface area contributed by atoms with Crippen molar-refractivity contribution in [1.29, 1.82) is 0 Å². The van der Waals surface area contributed by atoms with E-state index in [1.807, 2.05) is 0 Å². The van der Waals surface area contributed by atoms with Crippen LogP contribution in [-0.2, 0) is 4.74 Å². The summed E-state index contributed by atoms with van der Waals surface area (Å²) < 4.78 is 39.8. The third-order valence-corrected chi connectivity index (χ3v) is 2.75. The van der Waals surface area contributed by atoms with Gasteiger partial charge < -0.3 is 10.1 Å². The van der Waals surface area contributed by atoms with E-state index in [1.54, 1.807) is 0 Å². The first-order valence-electron chi connectivity index (χ1n) is 5.89. The zero-order valence-corrected chi connectivity index (χ0v) is 9.65. The fraction of sp³-hybridized carbons (Fsp3) is 1.00. The maximum absolute atomic E-state index is 11.7. The van der Waals surface area contributed by atoms with Crippen molar-refractivity contribution in [1.82, 2.24) is 5.32 Å². The fourth-order valence-electron chi connectivity index (χ4n) is 1.67. The quantitative estimate of drug-likeness (QED) is 0.658. The summed E-state index contributed by atoms with van der Waals surface area (Å²) in [5, 5.41) is 3.23. The van der Waals surface area contributed by atoms with Crippen molar-refractivity contribution in [2.75, 3.05) is 19.8 Å². The molecular weight excluding hydrogens is 219 g/mol. The number of ether oxygens (including phenoxy) is 1. The van der Waals surface area contributed by atoms with Gasteiger partial charge in [0.15, 0.2) is 0 Å². The van der Waals surface area contributed by atoms with Gasteiger partial charge in [0.05, 0.1) is 6.61 Å². The monoisotopic (exact) mass is 239 g/mol. The Morgan fingerprint density at radius 1 is 1.38 bits per heavy atom. The Labute approximate surface area is 94.5 Å². The Bertz CT molecular complexity index is 192. The molecule has 1 aliphatic carbocycles. The third-order valence-electron chi connectivity index (χ3n) is 2.75. The van der Waals surface area contributed by atoms with E-state index in [1.165, 1.54) is 12.8 Å². The molecule has 0 spiro atoms. The van der Waals surface area contributed by atoms with Crippen molar-refractivity contribution in [3.05, 3.63) is 0 Å². The van der Waals surface area contributed by atoms with Crippen molar-refractivity contribution >= 4 is 0 Å². The SMILES string of the molecule is CCC(CC1CC1)NCCOCC(F)(F)F. The van der Waals surface area contributed by atoms with Gasteiger partial charge in [0.2, 0.25) is 0 Å². The predicted molar refractivity (Wildman–Crippen MR) is 56.3 cm³/mol. The summed E-state index contributed by atoms with van der Waals surface area (Å²) in [6.45, 7) is 1.58. The molecule has 0 aromatic rings. The molecule has 0 saturated heterocycles. The molecule has 96 valence electrons. The molecule has 5 heteroatoms. The highest BCUT2D eigenvalue weighted by Crippen LogP contribution is 2.33. The Morgan fingerprint density at radius 2 is 2.06 bits per heavy atom. The highest BCUT2D eigenvalue weighted by molar-refractivity contribution is 4.79. The molecule has 1 N–H and O–H groups in total. The van der Waals surface area contributed by atoms with Crippen LogP contribution in [-0.4, -0.2) is 32.0 Å². The van der Waals surface area contributed by atoms with Gasteiger partial charge in [-0.1, -0.05) is 19.8 Å². The first-order chi connectivity index (χ1) is 7.51. The molecule has 0 amide bonds. The van der Waals surface area contributed by atoms with Crippen LogP contribution in [0.15, 0.2) is 0 Å². The van der Waals surface area contributed by atoms with Crippen LogP contribution < -0.4 is 5.32 Å². The third kappa shape index (κ3) is 7.06. The fourth-order valence-corrected chi connectivity index (χ4v) is 1.67. The number of rotatable bonds is 8. The average Bonchev–Trinajstić information content (AvgIpc) is 2.97. The normalized spacial score (nSPS) is 18.8. The van der Waals surface area contributed by atoms with Crippen molar-refractivity contribution in [3.8, 4) is 0 Å². The second-order valence-corrected chi connectivity index (χ2v) is 4.41. The molecule has 0 radical (unpaired) electrons. The number of nitrogens with one attached hydrogen (secondary N) is 1. The molecule has 1 saturated carbocycles. The number of alkyl halides is 3. The minimum Gasteiger partial charge on any atom is -0.371 e. The lowest BCUT2D eigenvalue weighted by molar-refractivity contribution is -0.173. The Balaban J connectivity index is 1.95. The maximum Gasteiger partial charge on any atom is 0.411 e. The van der Waals surface area contributed by atoms with E-state index in [2.05, 4.69) is 17.0 Å². The minimum absolute atomic E-state index is 0.126. The summed E-state index contributed by atoms with van der Waals surface area (Å²) in [5.74, 6) is 0.841. The van der Waals surface area contributed by atoms with Crippen LogP contribution >= 0.6 is 0 Å². The van der Waals surface area contributed by atoms with E-state index >= 15 is 0 Å². The average molecular weight is 239 g/mol.